The average Bonchev–Trinajstić information content (AvgIpc) is 2.52. The van der Waals surface area contributed by atoms with E-state index in [0.29, 0.717) is 12.2 Å². The van der Waals surface area contributed by atoms with Crippen molar-refractivity contribution in [3.8, 4) is 5.75 Å². The third-order valence-corrected chi connectivity index (χ3v) is 3.01. The molecule has 0 saturated carbocycles. The Kier molecular flexibility index (Phi) is 7.45. The summed E-state index contributed by atoms with van der Waals surface area (Å²) in [7, 11) is 0. The zero-order chi connectivity index (χ0) is 15.7. The number of benzene rings is 1. The number of hydrogen-bond donors (Lipinski definition) is 4. The molecule has 1 rings (SSSR count). The summed E-state index contributed by atoms with van der Waals surface area (Å²) in [5.41, 5.74) is 2.25. The first kappa shape index (κ1) is 17.2. The lowest BCUT2D eigenvalue weighted by atomic mass is 9.94. The molecule has 0 heterocycles. The maximum atomic E-state index is 10.8. The Morgan fingerprint density at radius 1 is 1.38 bits per heavy atom. The summed E-state index contributed by atoms with van der Waals surface area (Å²) in [6.45, 7) is 2.05. The molecule has 6 heteroatoms. The molecule has 1 amide bonds. The van der Waals surface area contributed by atoms with E-state index < -0.39 is 12.0 Å². The molecule has 0 fully saturated rings. The lowest BCUT2D eigenvalue weighted by molar-refractivity contribution is -0.124. The third kappa shape index (κ3) is 5.95. The van der Waals surface area contributed by atoms with E-state index in [1.54, 1.807) is 30.3 Å². The summed E-state index contributed by atoms with van der Waals surface area (Å²) in [6.07, 6.45) is 2.64. The lowest BCUT2D eigenvalue weighted by Gasteiger charge is -2.18. The van der Waals surface area contributed by atoms with Gasteiger partial charge in [-0.15, -0.1) is 0 Å². The summed E-state index contributed by atoms with van der Waals surface area (Å²) in [4.78, 5) is 10.8. The van der Waals surface area contributed by atoms with Gasteiger partial charge in [0.1, 0.15) is 12.4 Å². The van der Waals surface area contributed by atoms with Crippen molar-refractivity contribution in [2.75, 3.05) is 13.2 Å². The number of carbonyl (C=O) groups is 1. The first-order valence-corrected chi connectivity index (χ1v) is 6.70. The van der Waals surface area contributed by atoms with Crippen LogP contribution in [0.5, 0.6) is 5.75 Å². The normalized spacial score (nSPS) is 13.9. The molecule has 0 aromatic heterocycles. The van der Waals surface area contributed by atoms with Crippen molar-refractivity contribution in [3.05, 3.63) is 42.0 Å². The molecular formula is C15H21NO5. The number of aliphatic hydroxyl groups excluding tert-OH is 2. The van der Waals surface area contributed by atoms with Crippen LogP contribution < -0.4 is 10.2 Å². The van der Waals surface area contributed by atoms with Gasteiger partial charge < -0.3 is 14.9 Å². The first-order valence-electron chi connectivity index (χ1n) is 6.70. The molecule has 1 aromatic rings. The van der Waals surface area contributed by atoms with Crippen molar-refractivity contribution in [2.24, 2.45) is 5.92 Å². The molecule has 1 aromatic carbocycles. The molecule has 0 saturated heterocycles. The van der Waals surface area contributed by atoms with E-state index in [1.165, 1.54) is 11.6 Å². The maximum Gasteiger partial charge on any atom is 0.267 e. The van der Waals surface area contributed by atoms with E-state index in [9.17, 15) is 9.90 Å². The van der Waals surface area contributed by atoms with Gasteiger partial charge in [-0.05, 0) is 30.0 Å². The van der Waals surface area contributed by atoms with Gasteiger partial charge >= 0.3 is 0 Å². The molecule has 116 valence electrons. The van der Waals surface area contributed by atoms with E-state index in [1.807, 2.05) is 6.92 Å². The highest BCUT2D eigenvalue weighted by Crippen LogP contribution is 2.26. The van der Waals surface area contributed by atoms with E-state index in [4.69, 9.17) is 15.1 Å². The SMILES string of the molecule is C[C@@H](C/C=C/C(=O)NO)[C@@H](O)c1ccc(OCCO)cc1. The Hall–Kier alpha value is -1.89. The number of aliphatic hydroxyl groups is 2. The van der Waals surface area contributed by atoms with Crippen molar-refractivity contribution < 1.29 is 25.0 Å². The standard InChI is InChI=1S/C15H21NO5/c1-11(3-2-4-14(18)16-20)15(19)12-5-7-13(8-6-12)21-10-9-17/h2,4-8,11,15,17,19-20H,3,9-10H2,1H3,(H,16,18)/b4-2+/t11-,15+/m0/s1. The second-order valence-corrected chi connectivity index (χ2v) is 4.68. The highest BCUT2D eigenvalue weighted by atomic mass is 16.5. The molecule has 0 aliphatic carbocycles. The molecule has 0 bridgehead atoms. The second kappa shape index (κ2) is 9.12. The van der Waals surface area contributed by atoms with Crippen LogP contribution in [-0.2, 0) is 4.79 Å². The third-order valence-electron chi connectivity index (χ3n) is 3.01. The van der Waals surface area contributed by atoms with Gasteiger partial charge in [0.15, 0.2) is 0 Å². The molecule has 0 spiro atoms. The largest absolute Gasteiger partial charge is 0.491 e. The quantitative estimate of drug-likeness (QED) is 0.328. The predicted octanol–water partition coefficient (Wildman–Crippen LogP) is 1.18. The summed E-state index contributed by atoms with van der Waals surface area (Å²) < 4.78 is 5.24. The van der Waals surface area contributed by atoms with Crippen LogP contribution in [0.1, 0.15) is 25.0 Å². The number of rotatable bonds is 8. The van der Waals surface area contributed by atoms with Gasteiger partial charge in [-0.1, -0.05) is 25.1 Å². The van der Waals surface area contributed by atoms with Crippen LogP contribution in [0.3, 0.4) is 0 Å². The Morgan fingerprint density at radius 3 is 2.62 bits per heavy atom. The number of hydroxylamine groups is 1. The summed E-state index contributed by atoms with van der Waals surface area (Å²) >= 11 is 0. The molecule has 21 heavy (non-hydrogen) atoms. The monoisotopic (exact) mass is 295 g/mol. The lowest BCUT2D eigenvalue weighted by Crippen LogP contribution is -2.15. The van der Waals surface area contributed by atoms with Crippen molar-refractivity contribution in [2.45, 2.75) is 19.4 Å². The Balaban J connectivity index is 2.55. The van der Waals surface area contributed by atoms with Crippen LogP contribution in [0.2, 0.25) is 0 Å². The fraction of sp³-hybridized carbons (Fsp3) is 0.400. The minimum absolute atomic E-state index is 0.0465. The molecule has 4 N–H and O–H groups in total. The number of ether oxygens (including phenoxy) is 1. The molecule has 0 radical (unpaired) electrons. The minimum Gasteiger partial charge on any atom is -0.491 e. The highest BCUT2D eigenvalue weighted by Gasteiger charge is 2.15. The minimum atomic E-state index is -0.668. The van der Waals surface area contributed by atoms with E-state index in [0.717, 1.165) is 5.56 Å². The Labute approximate surface area is 123 Å². The fourth-order valence-corrected chi connectivity index (χ4v) is 1.81. The fourth-order valence-electron chi connectivity index (χ4n) is 1.81. The number of allylic oxidation sites excluding steroid dienone is 1. The molecule has 6 nitrogen and oxygen atoms in total. The second-order valence-electron chi connectivity index (χ2n) is 4.68. The molecular weight excluding hydrogens is 274 g/mol. The Morgan fingerprint density at radius 2 is 2.05 bits per heavy atom. The van der Waals surface area contributed by atoms with Gasteiger partial charge in [-0.3, -0.25) is 10.0 Å². The summed E-state index contributed by atoms with van der Waals surface area (Å²) in [5.74, 6) is -0.0498. The maximum absolute atomic E-state index is 10.8. The number of carbonyl (C=O) groups excluding carboxylic acids is 1. The van der Waals surface area contributed by atoms with Crippen molar-refractivity contribution >= 4 is 5.91 Å². The Bertz CT molecular complexity index is 458. The molecule has 0 aliphatic heterocycles. The van der Waals surface area contributed by atoms with Crippen LogP contribution in [-0.4, -0.2) is 34.5 Å². The molecule has 2 atom stereocenters. The first-order chi connectivity index (χ1) is 10.1. The van der Waals surface area contributed by atoms with Crippen LogP contribution in [0.15, 0.2) is 36.4 Å². The summed E-state index contributed by atoms with van der Waals surface area (Å²) in [5, 5.41) is 27.2. The summed E-state index contributed by atoms with van der Waals surface area (Å²) in [6, 6.07) is 6.99. The highest BCUT2D eigenvalue weighted by molar-refractivity contribution is 5.86. The van der Waals surface area contributed by atoms with Crippen LogP contribution in [0.4, 0.5) is 0 Å². The topological polar surface area (TPSA) is 99.0 Å². The smallest absolute Gasteiger partial charge is 0.267 e. The molecule has 0 aliphatic rings. The number of hydrogen-bond acceptors (Lipinski definition) is 5. The average molecular weight is 295 g/mol. The zero-order valence-corrected chi connectivity index (χ0v) is 11.9. The van der Waals surface area contributed by atoms with Crippen molar-refractivity contribution in [1.82, 2.24) is 5.48 Å². The van der Waals surface area contributed by atoms with Gasteiger partial charge in [0.2, 0.25) is 0 Å². The van der Waals surface area contributed by atoms with E-state index in [2.05, 4.69) is 0 Å². The zero-order valence-electron chi connectivity index (χ0n) is 11.9. The number of nitrogens with one attached hydrogen (secondary N) is 1. The van der Waals surface area contributed by atoms with Gasteiger partial charge in [0, 0.05) is 6.08 Å². The van der Waals surface area contributed by atoms with E-state index in [-0.39, 0.29) is 19.1 Å². The van der Waals surface area contributed by atoms with Gasteiger partial charge in [-0.2, -0.15) is 0 Å². The van der Waals surface area contributed by atoms with Crippen molar-refractivity contribution in [3.63, 3.8) is 0 Å². The van der Waals surface area contributed by atoms with Crippen molar-refractivity contribution in [1.29, 1.82) is 0 Å². The van der Waals surface area contributed by atoms with Crippen LogP contribution in [0.25, 0.3) is 0 Å². The van der Waals surface area contributed by atoms with E-state index >= 15 is 0 Å². The van der Waals surface area contributed by atoms with Crippen LogP contribution >= 0.6 is 0 Å². The molecule has 0 unspecified atom stereocenters. The number of amides is 1. The van der Waals surface area contributed by atoms with Crippen LogP contribution in [0, 0.1) is 5.92 Å². The van der Waals surface area contributed by atoms with Gasteiger partial charge in [-0.25, -0.2) is 5.48 Å². The van der Waals surface area contributed by atoms with Gasteiger partial charge in [0.05, 0.1) is 12.7 Å². The van der Waals surface area contributed by atoms with Gasteiger partial charge in [0.25, 0.3) is 5.91 Å². The predicted molar refractivity (Wildman–Crippen MR) is 76.8 cm³/mol.